The van der Waals surface area contributed by atoms with E-state index >= 15 is 0 Å². The Hall–Kier alpha value is -1.86. The van der Waals surface area contributed by atoms with Crippen LogP contribution in [0.5, 0.6) is 0 Å². The molecule has 0 saturated heterocycles. The van der Waals surface area contributed by atoms with E-state index in [1.807, 2.05) is 45.9 Å². The summed E-state index contributed by atoms with van der Waals surface area (Å²) in [5, 5.41) is 11.9. The minimum absolute atomic E-state index is 0.0131. The molecule has 0 aliphatic carbocycles. The van der Waals surface area contributed by atoms with Gasteiger partial charge >= 0.3 is 5.97 Å². The van der Waals surface area contributed by atoms with E-state index in [2.05, 4.69) is 11.4 Å². The molecule has 1 aromatic carbocycles. The molecule has 0 bridgehead atoms. The normalized spacial score (nSPS) is 12.6. The fourth-order valence-corrected chi connectivity index (χ4v) is 1.61. The third-order valence-corrected chi connectivity index (χ3v) is 2.49. The SMILES string of the molecule is CC(NCC(=O)OC(C)(C)C)c1cccc(C#N)c1. The van der Waals surface area contributed by atoms with Crippen LogP contribution >= 0.6 is 0 Å². The Morgan fingerprint density at radius 2 is 2.16 bits per heavy atom. The molecule has 1 unspecified atom stereocenters. The Kier molecular flexibility index (Phi) is 5.08. The second-order valence-corrected chi connectivity index (χ2v) is 5.43. The Labute approximate surface area is 114 Å². The quantitative estimate of drug-likeness (QED) is 0.845. The van der Waals surface area contributed by atoms with Crippen LogP contribution in [-0.2, 0) is 9.53 Å². The number of nitrogens with zero attached hydrogens (tertiary/aromatic N) is 1. The zero-order valence-electron chi connectivity index (χ0n) is 11.9. The van der Waals surface area contributed by atoms with Crippen molar-refractivity contribution in [3.05, 3.63) is 35.4 Å². The molecular weight excluding hydrogens is 240 g/mol. The summed E-state index contributed by atoms with van der Waals surface area (Å²) in [6, 6.07) is 9.41. The van der Waals surface area contributed by atoms with Crippen molar-refractivity contribution in [2.75, 3.05) is 6.54 Å². The van der Waals surface area contributed by atoms with Gasteiger partial charge < -0.3 is 10.1 Å². The lowest BCUT2D eigenvalue weighted by Gasteiger charge is -2.21. The molecule has 1 N–H and O–H groups in total. The molecule has 0 fully saturated rings. The largest absolute Gasteiger partial charge is 0.459 e. The first-order valence-corrected chi connectivity index (χ1v) is 6.27. The Bertz CT molecular complexity index is 484. The highest BCUT2D eigenvalue weighted by Crippen LogP contribution is 2.14. The van der Waals surface area contributed by atoms with Gasteiger partial charge in [-0.2, -0.15) is 5.26 Å². The molecular formula is C15H20N2O2. The van der Waals surface area contributed by atoms with Gasteiger partial charge in [-0.3, -0.25) is 4.79 Å². The maximum Gasteiger partial charge on any atom is 0.320 e. The fourth-order valence-electron chi connectivity index (χ4n) is 1.61. The number of esters is 1. The van der Waals surface area contributed by atoms with Gasteiger partial charge in [0.15, 0.2) is 0 Å². The maximum absolute atomic E-state index is 11.6. The second kappa shape index (κ2) is 6.35. The van der Waals surface area contributed by atoms with Crippen LogP contribution in [0.1, 0.15) is 44.9 Å². The Morgan fingerprint density at radius 3 is 2.74 bits per heavy atom. The van der Waals surface area contributed by atoms with Gasteiger partial charge in [0, 0.05) is 6.04 Å². The van der Waals surface area contributed by atoms with E-state index in [9.17, 15) is 4.79 Å². The summed E-state index contributed by atoms with van der Waals surface area (Å²) in [5.74, 6) is -0.282. The smallest absolute Gasteiger partial charge is 0.320 e. The van der Waals surface area contributed by atoms with Crippen LogP contribution in [0.4, 0.5) is 0 Å². The highest BCUT2D eigenvalue weighted by atomic mass is 16.6. The molecule has 4 heteroatoms. The van der Waals surface area contributed by atoms with Gasteiger partial charge in [-0.05, 0) is 45.4 Å². The number of ether oxygens (including phenoxy) is 1. The molecule has 0 heterocycles. The summed E-state index contributed by atoms with van der Waals surface area (Å²) in [6.07, 6.45) is 0. The van der Waals surface area contributed by atoms with Gasteiger partial charge in [-0.1, -0.05) is 12.1 Å². The van der Waals surface area contributed by atoms with Crippen molar-refractivity contribution in [1.82, 2.24) is 5.32 Å². The van der Waals surface area contributed by atoms with Gasteiger partial charge in [0.25, 0.3) is 0 Å². The molecule has 19 heavy (non-hydrogen) atoms. The molecule has 0 aromatic heterocycles. The van der Waals surface area contributed by atoms with Crippen LogP contribution in [-0.4, -0.2) is 18.1 Å². The highest BCUT2D eigenvalue weighted by molar-refractivity contribution is 5.72. The zero-order chi connectivity index (χ0) is 14.5. The third kappa shape index (κ3) is 5.54. The monoisotopic (exact) mass is 260 g/mol. The highest BCUT2D eigenvalue weighted by Gasteiger charge is 2.16. The summed E-state index contributed by atoms with van der Waals surface area (Å²) in [7, 11) is 0. The number of rotatable bonds is 4. The second-order valence-electron chi connectivity index (χ2n) is 5.43. The van der Waals surface area contributed by atoms with Gasteiger partial charge in [-0.15, -0.1) is 0 Å². The fraction of sp³-hybridized carbons (Fsp3) is 0.467. The van der Waals surface area contributed by atoms with Crippen LogP contribution in [0.3, 0.4) is 0 Å². The van der Waals surface area contributed by atoms with E-state index in [0.717, 1.165) is 5.56 Å². The van der Waals surface area contributed by atoms with E-state index in [4.69, 9.17) is 10.00 Å². The van der Waals surface area contributed by atoms with Crippen molar-refractivity contribution in [1.29, 1.82) is 5.26 Å². The average molecular weight is 260 g/mol. The van der Waals surface area contributed by atoms with E-state index in [1.165, 1.54) is 0 Å². The van der Waals surface area contributed by atoms with Crippen LogP contribution in [0.25, 0.3) is 0 Å². The van der Waals surface area contributed by atoms with Crippen molar-refractivity contribution in [3.8, 4) is 6.07 Å². The van der Waals surface area contributed by atoms with Crippen molar-refractivity contribution in [2.45, 2.75) is 39.3 Å². The van der Waals surface area contributed by atoms with E-state index in [1.54, 1.807) is 6.07 Å². The van der Waals surface area contributed by atoms with Crippen LogP contribution in [0.2, 0.25) is 0 Å². The van der Waals surface area contributed by atoms with E-state index < -0.39 is 5.60 Å². The van der Waals surface area contributed by atoms with Gasteiger partial charge in [0.2, 0.25) is 0 Å². The number of hydrogen-bond donors (Lipinski definition) is 1. The first kappa shape index (κ1) is 15.2. The number of nitriles is 1. The molecule has 0 saturated carbocycles. The lowest BCUT2D eigenvalue weighted by Crippen LogP contribution is -2.32. The molecule has 1 rings (SSSR count). The zero-order valence-corrected chi connectivity index (χ0v) is 11.9. The molecule has 0 aliphatic rings. The van der Waals surface area contributed by atoms with Crippen LogP contribution in [0, 0.1) is 11.3 Å². The van der Waals surface area contributed by atoms with Gasteiger partial charge in [-0.25, -0.2) is 0 Å². The molecule has 4 nitrogen and oxygen atoms in total. The van der Waals surface area contributed by atoms with Crippen molar-refractivity contribution >= 4 is 5.97 Å². The summed E-state index contributed by atoms with van der Waals surface area (Å²) in [4.78, 5) is 11.6. The Balaban J connectivity index is 2.54. The van der Waals surface area contributed by atoms with Gasteiger partial charge in [0.1, 0.15) is 5.60 Å². The summed E-state index contributed by atoms with van der Waals surface area (Å²) < 4.78 is 5.22. The minimum atomic E-state index is -0.470. The van der Waals surface area contributed by atoms with E-state index in [0.29, 0.717) is 5.56 Å². The summed E-state index contributed by atoms with van der Waals surface area (Å²) in [5.41, 5.74) is 1.12. The van der Waals surface area contributed by atoms with E-state index in [-0.39, 0.29) is 18.6 Å². The standard InChI is InChI=1S/C15H20N2O2/c1-11(13-7-5-6-12(8-13)9-16)17-10-14(18)19-15(2,3)4/h5-8,11,17H,10H2,1-4H3. The average Bonchev–Trinajstić information content (AvgIpc) is 2.34. The summed E-state index contributed by atoms with van der Waals surface area (Å²) >= 11 is 0. The van der Waals surface area contributed by atoms with Crippen molar-refractivity contribution < 1.29 is 9.53 Å². The topological polar surface area (TPSA) is 62.1 Å². The predicted molar refractivity (Wildman–Crippen MR) is 73.4 cm³/mol. The number of nitrogens with one attached hydrogen (secondary N) is 1. The lowest BCUT2D eigenvalue weighted by molar-refractivity contribution is -0.153. The van der Waals surface area contributed by atoms with Crippen molar-refractivity contribution in [2.24, 2.45) is 0 Å². The predicted octanol–water partition coefficient (Wildman–Crippen LogP) is 2.55. The van der Waals surface area contributed by atoms with Crippen LogP contribution < -0.4 is 5.32 Å². The molecule has 1 aromatic rings. The lowest BCUT2D eigenvalue weighted by atomic mass is 10.1. The summed E-state index contributed by atoms with van der Waals surface area (Å²) in [6.45, 7) is 7.61. The third-order valence-electron chi connectivity index (χ3n) is 2.49. The van der Waals surface area contributed by atoms with Crippen LogP contribution in [0.15, 0.2) is 24.3 Å². The number of carbonyl (C=O) groups is 1. The molecule has 102 valence electrons. The van der Waals surface area contributed by atoms with Gasteiger partial charge in [0.05, 0.1) is 18.2 Å². The number of hydrogen-bond acceptors (Lipinski definition) is 4. The number of benzene rings is 1. The first-order chi connectivity index (χ1) is 8.81. The molecule has 0 amide bonds. The molecule has 0 spiro atoms. The molecule has 0 radical (unpaired) electrons. The maximum atomic E-state index is 11.6. The molecule has 1 atom stereocenters. The first-order valence-electron chi connectivity index (χ1n) is 6.27. The molecule has 0 aliphatic heterocycles. The Morgan fingerprint density at radius 1 is 1.47 bits per heavy atom. The minimum Gasteiger partial charge on any atom is -0.459 e. The number of carbonyl (C=O) groups excluding carboxylic acids is 1. The van der Waals surface area contributed by atoms with Crippen molar-refractivity contribution in [3.63, 3.8) is 0 Å².